The molecule has 3 saturated carbocycles. The molecular weight excluding hydrogens is 400 g/mol. The summed E-state index contributed by atoms with van der Waals surface area (Å²) in [5, 5.41) is 14.9. The summed E-state index contributed by atoms with van der Waals surface area (Å²) in [5.74, 6) is 2.96. The number of rotatable bonds is 5. The number of ether oxygens (including phenoxy) is 1. The quantitative estimate of drug-likeness (QED) is 0.290. The van der Waals surface area contributed by atoms with Crippen molar-refractivity contribution in [2.45, 2.75) is 78.2 Å². The first kappa shape index (κ1) is 22.9. The van der Waals surface area contributed by atoms with Crippen LogP contribution in [0.1, 0.15) is 72.1 Å². The second kappa shape index (κ2) is 9.03. The molecule has 7 atom stereocenters. The molecule has 0 aromatic rings. The van der Waals surface area contributed by atoms with Gasteiger partial charge < -0.3 is 14.7 Å². The predicted molar refractivity (Wildman–Crippen MR) is 128 cm³/mol. The van der Waals surface area contributed by atoms with Crippen molar-refractivity contribution in [3.63, 3.8) is 0 Å². The van der Waals surface area contributed by atoms with Crippen LogP contribution in [0.15, 0.2) is 16.8 Å². The summed E-state index contributed by atoms with van der Waals surface area (Å²) < 4.78 is 5.43. The number of nitrogens with zero attached hydrogens (tertiary/aromatic N) is 2. The van der Waals surface area contributed by atoms with Crippen LogP contribution >= 0.6 is 0 Å². The SMILES string of the molecule is CC(=NOCCN1CCOCC1)[C@H]1CC[C@H]2[C@@H]3CC=C4C[C@@H](O)CC[C@]4(C)[C@H]3CC[C@]12C. The van der Waals surface area contributed by atoms with Crippen molar-refractivity contribution in [3.8, 4) is 0 Å². The predicted octanol–water partition coefficient (Wildman–Crippen LogP) is 4.65. The highest BCUT2D eigenvalue weighted by Crippen LogP contribution is 2.66. The Morgan fingerprint density at radius 1 is 1.16 bits per heavy atom. The summed E-state index contributed by atoms with van der Waals surface area (Å²) in [4.78, 5) is 8.21. The second-order valence-corrected chi connectivity index (χ2v) is 11.9. The fourth-order valence-corrected chi connectivity index (χ4v) is 8.53. The molecule has 0 amide bonds. The van der Waals surface area contributed by atoms with Crippen LogP contribution in [-0.2, 0) is 9.57 Å². The Bertz CT molecular complexity index is 745. The molecule has 0 aromatic heterocycles. The fraction of sp³-hybridized carbons (Fsp3) is 0.889. The number of allylic oxidation sites excluding steroid dienone is 1. The normalized spacial score (nSPS) is 44.9. The van der Waals surface area contributed by atoms with Crippen LogP contribution in [0.5, 0.6) is 0 Å². The highest BCUT2D eigenvalue weighted by molar-refractivity contribution is 5.85. The minimum Gasteiger partial charge on any atom is -0.394 e. The lowest BCUT2D eigenvalue weighted by molar-refractivity contribution is -0.0427. The van der Waals surface area contributed by atoms with Crippen LogP contribution in [0.2, 0.25) is 0 Å². The number of fused-ring (bicyclic) bond motifs is 5. The third kappa shape index (κ3) is 3.96. The van der Waals surface area contributed by atoms with Crippen molar-refractivity contribution in [2.75, 3.05) is 39.5 Å². The maximum atomic E-state index is 10.2. The molecule has 5 rings (SSSR count). The van der Waals surface area contributed by atoms with E-state index >= 15 is 0 Å². The lowest BCUT2D eigenvalue weighted by Gasteiger charge is -2.58. The number of aliphatic hydroxyl groups excluding tert-OH is 1. The topological polar surface area (TPSA) is 54.3 Å². The molecule has 0 aromatic carbocycles. The summed E-state index contributed by atoms with van der Waals surface area (Å²) in [6, 6.07) is 0. The summed E-state index contributed by atoms with van der Waals surface area (Å²) in [6.07, 6.45) is 12.0. The van der Waals surface area contributed by atoms with Crippen LogP contribution in [0.4, 0.5) is 0 Å². The molecule has 1 saturated heterocycles. The molecule has 32 heavy (non-hydrogen) atoms. The minimum atomic E-state index is -0.113. The molecule has 5 aliphatic rings. The fourth-order valence-electron chi connectivity index (χ4n) is 8.53. The van der Waals surface area contributed by atoms with Gasteiger partial charge in [0.15, 0.2) is 0 Å². The van der Waals surface area contributed by atoms with Gasteiger partial charge in [-0.25, -0.2) is 0 Å². The summed E-state index contributed by atoms with van der Waals surface area (Å²) in [7, 11) is 0. The van der Waals surface area contributed by atoms with Gasteiger partial charge in [0.25, 0.3) is 0 Å². The largest absolute Gasteiger partial charge is 0.394 e. The molecule has 0 bridgehead atoms. The Morgan fingerprint density at radius 3 is 2.78 bits per heavy atom. The standard InChI is InChI=1S/C27H44N2O3/c1-19(28-32-17-14-29-12-15-31-16-13-29)23-6-7-24-22-5-4-20-18-21(30)8-10-26(20,2)25(22)9-11-27(23,24)3/h4,21-25,30H,5-18H2,1-3H3/t21-,22-,23+,24-,25-,26-,27+/m0/s1. The minimum absolute atomic E-state index is 0.113. The number of oxime groups is 1. The zero-order chi connectivity index (χ0) is 22.3. The lowest BCUT2D eigenvalue weighted by atomic mass is 9.47. The Hall–Kier alpha value is -0.910. The molecule has 1 heterocycles. The van der Waals surface area contributed by atoms with Gasteiger partial charge in [0, 0.05) is 25.6 Å². The van der Waals surface area contributed by atoms with Crippen LogP contribution in [0, 0.1) is 34.5 Å². The van der Waals surface area contributed by atoms with Crippen molar-refractivity contribution in [3.05, 3.63) is 11.6 Å². The maximum Gasteiger partial charge on any atom is 0.129 e. The number of aliphatic hydroxyl groups is 1. The first-order valence-corrected chi connectivity index (χ1v) is 13.3. The molecule has 5 heteroatoms. The van der Waals surface area contributed by atoms with Crippen molar-refractivity contribution < 1.29 is 14.7 Å². The van der Waals surface area contributed by atoms with E-state index in [1.54, 1.807) is 5.57 Å². The van der Waals surface area contributed by atoms with E-state index < -0.39 is 0 Å². The van der Waals surface area contributed by atoms with Gasteiger partial charge in [-0.15, -0.1) is 0 Å². The molecule has 1 aliphatic heterocycles. The molecule has 5 nitrogen and oxygen atoms in total. The zero-order valence-electron chi connectivity index (χ0n) is 20.5. The van der Waals surface area contributed by atoms with Crippen molar-refractivity contribution in [2.24, 2.45) is 39.7 Å². The molecule has 4 fully saturated rings. The number of hydrogen-bond acceptors (Lipinski definition) is 5. The Balaban J connectivity index is 1.23. The highest BCUT2D eigenvalue weighted by atomic mass is 16.6. The van der Waals surface area contributed by atoms with Crippen LogP contribution in [0.25, 0.3) is 0 Å². The van der Waals surface area contributed by atoms with Crippen molar-refractivity contribution in [1.29, 1.82) is 0 Å². The molecule has 1 N–H and O–H groups in total. The van der Waals surface area contributed by atoms with Gasteiger partial charge in [-0.1, -0.05) is 30.7 Å². The lowest BCUT2D eigenvalue weighted by Crippen LogP contribution is -2.50. The van der Waals surface area contributed by atoms with Crippen LogP contribution < -0.4 is 0 Å². The average Bonchev–Trinajstić information content (AvgIpc) is 3.15. The monoisotopic (exact) mass is 444 g/mol. The highest BCUT2D eigenvalue weighted by Gasteiger charge is 2.59. The van der Waals surface area contributed by atoms with E-state index in [9.17, 15) is 5.11 Å². The smallest absolute Gasteiger partial charge is 0.129 e. The van der Waals surface area contributed by atoms with E-state index in [0.717, 1.165) is 63.4 Å². The molecule has 180 valence electrons. The van der Waals surface area contributed by atoms with Gasteiger partial charge in [-0.2, -0.15) is 0 Å². The van der Waals surface area contributed by atoms with E-state index in [1.807, 2.05) is 0 Å². The molecule has 0 spiro atoms. The second-order valence-electron chi connectivity index (χ2n) is 11.9. The third-order valence-corrected chi connectivity index (χ3v) is 10.4. The van der Waals surface area contributed by atoms with E-state index in [1.165, 1.54) is 44.2 Å². The van der Waals surface area contributed by atoms with Gasteiger partial charge in [-0.05, 0) is 86.9 Å². The molecular formula is C27H44N2O3. The summed E-state index contributed by atoms with van der Waals surface area (Å²) in [5.41, 5.74) is 3.47. The van der Waals surface area contributed by atoms with Gasteiger partial charge in [-0.3, -0.25) is 4.90 Å². The van der Waals surface area contributed by atoms with Gasteiger partial charge in [0.2, 0.25) is 0 Å². The van der Waals surface area contributed by atoms with Crippen LogP contribution in [0.3, 0.4) is 0 Å². The number of hydrogen-bond donors (Lipinski definition) is 1. The Morgan fingerprint density at radius 2 is 1.97 bits per heavy atom. The van der Waals surface area contributed by atoms with Gasteiger partial charge in [0.05, 0.1) is 25.0 Å². The third-order valence-electron chi connectivity index (χ3n) is 10.4. The summed E-state index contributed by atoms with van der Waals surface area (Å²) in [6.45, 7) is 12.6. The van der Waals surface area contributed by atoms with Gasteiger partial charge >= 0.3 is 0 Å². The van der Waals surface area contributed by atoms with E-state index in [4.69, 9.17) is 9.57 Å². The van der Waals surface area contributed by atoms with Crippen molar-refractivity contribution >= 4 is 5.71 Å². The van der Waals surface area contributed by atoms with E-state index in [2.05, 4.69) is 36.9 Å². The van der Waals surface area contributed by atoms with E-state index in [-0.39, 0.29) is 6.10 Å². The first-order chi connectivity index (χ1) is 15.4. The summed E-state index contributed by atoms with van der Waals surface area (Å²) >= 11 is 0. The van der Waals surface area contributed by atoms with Crippen molar-refractivity contribution in [1.82, 2.24) is 4.90 Å². The first-order valence-electron chi connectivity index (χ1n) is 13.3. The maximum absolute atomic E-state index is 10.2. The average molecular weight is 445 g/mol. The number of morpholine rings is 1. The van der Waals surface area contributed by atoms with Crippen LogP contribution in [-0.4, -0.2) is 61.3 Å². The Kier molecular flexibility index (Phi) is 6.45. The van der Waals surface area contributed by atoms with Gasteiger partial charge in [0.1, 0.15) is 6.61 Å². The molecule has 4 aliphatic carbocycles. The molecule has 0 radical (unpaired) electrons. The zero-order valence-corrected chi connectivity index (χ0v) is 20.5. The molecule has 0 unspecified atom stereocenters. The van der Waals surface area contributed by atoms with E-state index in [0.29, 0.717) is 23.4 Å². The Labute approximate surface area is 194 Å².